The van der Waals surface area contributed by atoms with Gasteiger partial charge in [-0.05, 0) is 60.5 Å². The summed E-state index contributed by atoms with van der Waals surface area (Å²) in [6.45, 7) is 5.47. The number of anilines is 3. The van der Waals surface area contributed by atoms with Crippen LogP contribution in [0.15, 0.2) is 67.1 Å². The first-order valence-electron chi connectivity index (χ1n) is 12.5. The molecule has 10 heteroatoms. The molecule has 1 saturated heterocycles. The van der Waals surface area contributed by atoms with Crippen LogP contribution in [0, 0.1) is 12.7 Å². The van der Waals surface area contributed by atoms with Gasteiger partial charge in [-0.2, -0.15) is 0 Å². The summed E-state index contributed by atoms with van der Waals surface area (Å²) in [4.78, 5) is 17.1. The highest BCUT2D eigenvalue weighted by Gasteiger charge is 2.17. The van der Waals surface area contributed by atoms with Crippen LogP contribution in [0.4, 0.5) is 21.7 Å². The number of morpholine rings is 1. The molecule has 39 heavy (non-hydrogen) atoms. The van der Waals surface area contributed by atoms with E-state index in [-0.39, 0.29) is 12.4 Å². The van der Waals surface area contributed by atoms with Gasteiger partial charge in [-0.3, -0.25) is 0 Å². The van der Waals surface area contributed by atoms with Crippen LogP contribution < -0.4 is 15.0 Å². The Hall–Kier alpha value is -3.79. The van der Waals surface area contributed by atoms with Gasteiger partial charge in [0.1, 0.15) is 30.3 Å². The van der Waals surface area contributed by atoms with Crippen LogP contribution in [0.5, 0.6) is 5.75 Å². The van der Waals surface area contributed by atoms with Gasteiger partial charge in [-0.1, -0.05) is 23.7 Å². The van der Waals surface area contributed by atoms with Crippen molar-refractivity contribution in [2.45, 2.75) is 13.5 Å². The van der Waals surface area contributed by atoms with E-state index < -0.39 is 0 Å². The summed E-state index contributed by atoms with van der Waals surface area (Å²) in [5.74, 6) is 1.91. The average molecular weight is 562 g/mol. The Labute approximate surface area is 234 Å². The van der Waals surface area contributed by atoms with Crippen molar-refractivity contribution >= 4 is 50.5 Å². The van der Waals surface area contributed by atoms with Gasteiger partial charge in [0.05, 0.1) is 28.5 Å². The van der Waals surface area contributed by atoms with Crippen molar-refractivity contribution in [2.75, 3.05) is 36.5 Å². The number of nitrogens with zero attached hydrogens (tertiary/aromatic N) is 4. The van der Waals surface area contributed by atoms with Gasteiger partial charge in [0.15, 0.2) is 5.82 Å². The number of pyridine rings is 1. The molecular weight excluding hydrogens is 537 g/mol. The molecule has 2 aromatic carbocycles. The maximum absolute atomic E-state index is 13.4. The highest BCUT2D eigenvalue weighted by Crippen LogP contribution is 2.38. The average Bonchev–Trinajstić information content (AvgIpc) is 3.39. The number of thiophene rings is 1. The summed E-state index contributed by atoms with van der Waals surface area (Å²) in [7, 11) is 0. The Balaban J connectivity index is 1.20. The number of aromatic nitrogens is 3. The van der Waals surface area contributed by atoms with Gasteiger partial charge >= 0.3 is 0 Å². The fourth-order valence-electron chi connectivity index (χ4n) is 4.51. The molecule has 0 atom stereocenters. The summed E-state index contributed by atoms with van der Waals surface area (Å²) in [6.07, 6.45) is 3.47. The molecule has 6 rings (SSSR count). The molecule has 1 aliphatic rings. The van der Waals surface area contributed by atoms with Crippen LogP contribution in [0.1, 0.15) is 11.1 Å². The lowest BCUT2D eigenvalue weighted by molar-refractivity contribution is 0.122. The second kappa shape index (κ2) is 11.1. The molecule has 3 aromatic heterocycles. The predicted octanol–water partition coefficient (Wildman–Crippen LogP) is 7.01. The van der Waals surface area contributed by atoms with Crippen molar-refractivity contribution in [3.8, 4) is 16.2 Å². The Kier molecular flexibility index (Phi) is 7.28. The lowest BCUT2D eigenvalue weighted by Crippen LogP contribution is -2.37. The van der Waals surface area contributed by atoms with Gasteiger partial charge in [-0.15, -0.1) is 11.3 Å². The number of nitrogens with one attached hydrogen (secondary N) is 1. The minimum atomic E-state index is -0.300. The fraction of sp³-hybridized carbons (Fsp3) is 0.207. The maximum Gasteiger partial charge on any atom is 0.151 e. The van der Waals surface area contributed by atoms with Crippen molar-refractivity contribution in [2.24, 2.45) is 0 Å². The Morgan fingerprint density at radius 1 is 1.08 bits per heavy atom. The van der Waals surface area contributed by atoms with E-state index in [9.17, 15) is 4.39 Å². The van der Waals surface area contributed by atoms with E-state index in [2.05, 4.69) is 39.2 Å². The third-order valence-corrected chi connectivity index (χ3v) is 7.91. The first-order valence-corrected chi connectivity index (χ1v) is 13.7. The number of hydrogen-bond acceptors (Lipinski definition) is 8. The normalized spacial score (nSPS) is 13.6. The molecular formula is C29H25ClFN5O2S. The lowest BCUT2D eigenvalue weighted by atomic mass is 10.1. The molecule has 0 amide bonds. The maximum atomic E-state index is 13.4. The minimum Gasteiger partial charge on any atom is -0.487 e. The first kappa shape index (κ1) is 25.5. The third-order valence-electron chi connectivity index (χ3n) is 6.43. The first-order chi connectivity index (χ1) is 19.0. The number of ether oxygens (including phenoxy) is 2. The van der Waals surface area contributed by atoms with Crippen LogP contribution in [0.2, 0.25) is 5.02 Å². The summed E-state index contributed by atoms with van der Waals surface area (Å²) in [5, 5.41) is 3.80. The van der Waals surface area contributed by atoms with E-state index in [0.717, 1.165) is 69.6 Å². The number of rotatable bonds is 7. The summed E-state index contributed by atoms with van der Waals surface area (Å²) < 4.78 is 25.6. The summed E-state index contributed by atoms with van der Waals surface area (Å²) in [6, 6.07) is 16.0. The van der Waals surface area contributed by atoms with Crippen molar-refractivity contribution in [1.82, 2.24) is 15.0 Å². The van der Waals surface area contributed by atoms with Crippen molar-refractivity contribution in [3.05, 3.63) is 89.1 Å². The zero-order chi connectivity index (χ0) is 26.8. The molecule has 0 aliphatic carbocycles. The van der Waals surface area contributed by atoms with E-state index >= 15 is 0 Å². The molecule has 0 radical (unpaired) electrons. The van der Waals surface area contributed by atoms with Gasteiger partial charge in [-0.25, -0.2) is 19.3 Å². The van der Waals surface area contributed by atoms with E-state index in [0.29, 0.717) is 16.6 Å². The molecule has 0 saturated carbocycles. The zero-order valence-corrected chi connectivity index (χ0v) is 22.7. The van der Waals surface area contributed by atoms with Crippen LogP contribution in [0.3, 0.4) is 0 Å². The van der Waals surface area contributed by atoms with E-state index in [4.69, 9.17) is 26.1 Å². The molecule has 1 fully saturated rings. The summed E-state index contributed by atoms with van der Waals surface area (Å²) in [5.41, 5.74) is 4.52. The molecule has 1 aliphatic heterocycles. The number of benzene rings is 2. The van der Waals surface area contributed by atoms with Crippen molar-refractivity contribution in [3.63, 3.8) is 0 Å². The molecule has 0 bridgehead atoms. The van der Waals surface area contributed by atoms with E-state index in [1.165, 1.54) is 12.1 Å². The number of fused-ring (bicyclic) bond motifs is 1. The van der Waals surface area contributed by atoms with Gasteiger partial charge in [0.25, 0.3) is 0 Å². The second-order valence-electron chi connectivity index (χ2n) is 9.20. The quantitative estimate of drug-likeness (QED) is 0.229. The Morgan fingerprint density at radius 2 is 1.95 bits per heavy atom. The number of hydrogen-bond donors (Lipinski definition) is 1. The second-order valence-corrected chi connectivity index (χ2v) is 10.7. The zero-order valence-electron chi connectivity index (χ0n) is 21.2. The van der Waals surface area contributed by atoms with Gasteiger partial charge in [0.2, 0.25) is 0 Å². The molecule has 0 spiro atoms. The Bertz CT molecular complexity index is 1640. The van der Waals surface area contributed by atoms with Crippen LogP contribution in [-0.4, -0.2) is 41.3 Å². The molecule has 4 heterocycles. The molecule has 5 aromatic rings. The summed E-state index contributed by atoms with van der Waals surface area (Å²) >= 11 is 8.10. The largest absolute Gasteiger partial charge is 0.487 e. The van der Waals surface area contributed by atoms with Crippen molar-refractivity contribution < 1.29 is 13.9 Å². The van der Waals surface area contributed by atoms with Gasteiger partial charge in [0, 0.05) is 35.4 Å². The molecule has 198 valence electrons. The van der Waals surface area contributed by atoms with E-state index in [1.54, 1.807) is 41.9 Å². The minimum absolute atomic E-state index is 0.219. The highest BCUT2D eigenvalue weighted by molar-refractivity contribution is 7.22. The number of aryl methyl sites for hydroxylation is 1. The smallest absolute Gasteiger partial charge is 0.151 e. The fourth-order valence-corrected chi connectivity index (χ4v) is 5.79. The number of halogens is 2. The van der Waals surface area contributed by atoms with Crippen LogP contribution >= 0.6 is 22.9 Å². The highest BCUT2D eigenvalue weighted by atomic mass is 35.5. The standard InChI is InChI=1S/C29H25ClFN5O2S/c1-18-11-20(15-32-29(18)36-7-9-37-10-8-36)26-14-24-27(39-26)28(34-17-33-24)35-22-5-6-25(23(30)13-22)38-16-19-3-2-4-21(31)12-19/h2-6,11-15,17H,7-10,16H2,1H3,(H,33,34,35). The predicted molar refractivity (Wildman–Crippen MR) is 154 cm³/mol. The monoisotopic (exact) mass is 561 g/mol. The lowest BCUT2D eigenvalue weighted by Gasteiger charge is -2.29. The third kappa shape index (κ3) is 5.66. The van der Waals surface area contributed by atoms with Gasteiger partial charge < -0.3 is 19.7 Å². The topological polar surface area (TPSA) is 72.4 Å². The Morgan fingerprint density at radius 3 is 2.74 bits per heavy atom. The SMILES string of the molecule is Cc1cc(-c2cc3ncnc(Nc4ccc(OCc5cccc(F)c5)c(Cl)c4)c3s2)cnc1N1CCOCC1. The molecule has 7 nitrogen and oxygen atoms in total. The molecule has 0 unspecified atom stereocenters. The van der Waals surface area contributed by atoms with Crippen LogP contribution in [-0.2, 0) is 11.3 Å². The van der Waals surface area contributed by atoms with Crippen LogP contribution in [0.25, 0.3) is 20.7 Å². The molecule has 1 N–H and O–H groups in total. The van der Waals surface area contributed by atoms with Crippen molar-refractivity contribution in [1.29, 1.82) is 0 Å². The van der Waals surface area contributed by atoms with E-state index in [1.807, 2.05) is 12.3 Å².